The highest BCUT2D eigenvalue weighted by molar-refractivity contribution is 7.95. The van der Waals surface area contributed by atoms with Crippen molar-refractivity contribution >= 4 is 21.8 Å². The summed E-state index contributed by atoms with van der Waals surface area (Å²) < 4.78 is 51.2. The maximum absolute atomic E-state index is 13.2. The second kappa shape index (κ2) is 6.05. The Morgan fingerprint density at radius 2 is 1.67 bits per heavy atom. The maximum Gasteiger partial charge on any atom is 0.257 e. The molecule has 0 radical (unpaired) electrons. The van der Waals surface area contributed by atoms with E-state index in [0.29, 0.717) is 0 Å². The van der Waals surface area contributed by atoms with Crippen LogP contribution in [0.15, 0.2) is 53.9 Å². The van der Waals surface area contributed by atoms with E-state index in [1.807, 2.05) is 6.07 Å². The topological polar surface area (TPSA) is 37.4 Å². The van der Waals surface area contributed by atoms with Gasteiger partial charge in [0.2, 0.25) is 0 Å². The van der Waals surface area contributed by atoms with Crippen LogP contribution >= 0.6 is 0 Å². The van der Waals surface area contributed by atoms with Crippen molar-refractivity contribution in [1.82, 2.24) is 0 Å². The fraction of sp³-hybridized carbons (Fsp3) is 0.0667. The summed E-state index contributed by atoms with van der Waals surface area (Å²) in [5, 5.41) is 1.02. The molecular formula is C15H13F2NO2S. The second-order valence-electron chi connectivity index (χ2n) is 4.32. The molecule has 0 bridgehead atoms. The molecule has 110 valence electrons. The van der Waals surface area contributed by atoms with E-state index < -0.39 is 21.7 Å². The maximum atomic E-state index is 13.2. The van der Waals surface area contributed by atoms with Crippen molar-refractivity contribution in [2.45, 2.75) is 0 Å². The Balaban J connectivity index is 2.26. The first kappa shape index (κ1) is 15.2. The number of hydrogen-bond acceptors (Lipinski definition) is 2. The van der Waals surface area contributed by atoms with Crippen LogP contribution in [0.2, 0.25) is 0 Å². The van der Waals surface area contributed by atoms with Crippen molar-refractivity contribution in [2.24, 2.45) is 0 Å². The van der Waals surface area contributed by atoms with Crippen molar-refractivity contribution < 1.29 is 17.2 Å². The summed E-state index contributed by atoms with van der Waals surface area (Å²) in [4.78, 5) is 0. The van der Waals surface area contributed by atoms with Gasteiger partial charge in [0, 0.05) is 13.1 Å². The third-order valence-electron chi connectivity index (χ3n) is 2.88. The van der Waals surface area contributed by atoms with Crippen LogP contribution in [0.25, 0.3) is 6.08 Å². The molecule has 0 amide bonds. The van der Waals surface area contributed by atoms with E-state index >= 15 is 0 Å². The molecule has 0 N–H and O–H groups in total. The largest absolute Gasteiger partial charge is 0.270 e. The van der Waals surface area contributed by atoms with Gasteiger partial charge in [0.05, 0.1) is 11.1 Å². The molecule has 0 fully saturated rings. The standard InChI is InChI=1S/C15H13F2NO2S/c1-18(13-7-8-14(16)15(17)11-13)21(19,20)10-9-12-5-3-2-4-6-12/h2-11H,1H3. The fourth-order valence-electron chi connectivity index (χ4n) is 1.65. The molecule has 0 saturated heterocycles. The van der Waals surface area contributed by atoms with E-state index in [4.69, 9.17) is 0 Å². The van der Waals surface area contributed by atoms with Gasteiger partial charge in [-0.1, -0.05) is 30.3 Å². The number of nitrogens with zero attached hydrogens (tertiary/aromatic N) is 1. The molecule has 0 atom stereocenters. The highest BCUT2D eigenvalue weighted by Gasteiger charge is 2.16. The Morgan fingerprint density at radius 1 is 1.00 bits per heavy atom. The van der Waals surface area contributed by atoms with Crippen LogP contribution in [-0.4, -0.2) is 15.5 Å². The summed E-state index contributed by atoms with van der Waals surface area (Å²) in [6, 6.07) is 11.8. The van der Waals surface area contributed by atoms with Crippen LogP contribution < -0.4 is 4.31 Å². The smallest absolute Gasteiger partial charge is 0.257 e. The summed E-state index contributed by atoms with van der Waals surface area (Å²) in [6.45, 7) is 0. The average Bonchev–Trinajstić information content (AvgIpc) is 2.48. The van der Waals surface area contributed by atoms with Gasteiger partial charge < -0.3 is 0 Å². The van der Waals surface area contributed by atoms with Crippen molar-refractivity contribution in [2.75, 3.05) is 11.4 Å². The second-order valence-corrected chi connectivity index (χ2v) is 6.17. The zero-order valence-corrected chi connectivity index (χ0v) is 12.0. The number of hydrogen-bond donors (Lipinski definition) is 0. The normalized spacial score (nSPS) is 11.8. The Kier molecular flexibility index (Phi) is 4.37. The Hall–Kier alpha value is -2.21. The fourth-order valence-corrected chi connectivity index (χ4v) is 2.57. The highest BCUT2D eigenvalue weighted by atomic mass is 32.2. The molecule has 0 aromatic heterocycles. The molecule has 0 aliphatic rings. The molecular weight excluding hydrogens is 296 g/mol. The third kappa shape index (κ3) is 3.66. The molecule has 6 heteroatoms. The molecule has 0 spiro atoms. The minimum Gasteiger partial charge on any atom is -0.270 e. The minimum atomic E-state index is -3.78. The van der Waals surface area contributed by atoms with Crippen LogP contribution in [0.1, 0.15) is 5.56 Å². The molecule has 2 rings (SSSR count). The van der Waals surface area contributed by atoms with Gasteiger partial charge in [-0.15, -0.1) is 0 Å². The average molecular weight is 309 g/mol. The summed E-state index contributed by atoms with van der Waals surface area (Å²) in [5.74, 6) is -2.12. The predicted molar refractivity (Wildman–Crippen MR) is 79.2 cm³/mol. The van der Waals surface area contributed by atoms with E-state index in [-0.39, 0.29) is 5.69 Å². The summed E-state index contributed by atoms with van der Waals surface area (Å²) >= 11 is 0. The van der Waals surface area contributed by atoms with Gasteiger partial charge in [0.1, 0.15) is 0 Å². The van der Waals surface area contributed by atoms with Gasteiger partial charge in [-0.2, -0.15) is 0 Å². The number of benzene rings is 2. The lowest BCUT2D eigenvalue weighted by molar-refractivity contribution is 0.509. The summed E-state index contributed by atoms with van der Waals surface area (Å²) in [5.41, 5.74) is 0.770. The first-order valence-corrected chi connectivity index (χ1v) is 7.57. The van der Waals surface area contributed by atoms with Crippen molar-refractivity contribution in [3.8, 4) is 0 Å². The van der Waals surface area contributed by atoms with E-state index in [1.54, 1.807) is 24.3 Å². The Bertz CT molecular complexity index is 758. The van der Waals surface area contributed by atoms with Crippen LogP contribution in [0.5, 0.6) is 0 Å². The molecule has 0 saturated carbocycles. The van der Waals surface area contributed by atoms with Crippen molar-refractivity contribution in [1.29, 1.82) is 0 Å². The van der Waals surface area contributed by atoms with Gasteiger partial charge >= 0.3 is 0 Å². The lowest BCUT2D eigenvalue weighted by atomic mass is 10.2. The van der Waals surface area contributed by atoms with E-state index in [2.05, 4.69) is 0 Å². The zero-order valence-electron chi connectivity index (χ0n) is 11.2. The van der Waals surface area contributed by atoms with Gasteiger partial charge in [-0.25, -0.2) is 17.2 Å². The SMILES string of the molecule is CN(c1ccc(F)c(F)c1)S(=O)(=O)C=Cc1ccccc1. The van der Waals surface area contributed by atoms with E-state index in [9.17, 15) is 17.2 Å². The molecule has 21 heavy (non-hydrogen) atoms. The van der Waals surface area contributed by atoms with Gasteiger partial charge in [0.15, 0.2) is 11.6 Å². The van der Waals surface area contributed by atoms with Crippen LogP contribution in [0.4, 0.5) is 14.5 Å². The van der Waals surface area contributed by atoms with Crippen molar-refractivity contribution in [3.05, 3.63) is 71.1 Å². The predicted octanol–water partition coefficient (Wildman–Crippen LogP) is 3.40. The highest BCUT2D eigenvalue weighted by Crippen LogP contribution is 2.20. The number of rotatable bonds is 4. The number of sulfonamides is 1. The lowest BCUT2D eigenvalue weighted by Gasteiger charge is -2.17. The lowest BCUT2D eigenvalue weighted by Crippen LogP contribution is -2.24. The molecule has 0 aliphatic carbocycles. The summed E-state index contributed by atoms with van der Waals surface area (Å²) in [7, 11) is -2.50. The molecule has 0 aliphatic heterocycles. The van der Waals surface area contributed by atoms with Gasteiger partial charge in [-0.3, -0.25) is 4.31 Å². The Morgan fingerprint density at radius 3 is 2.29 bits per heavy atom. The van der Waals surface area contributed by atoms with Gasteiger partial charge in [0.25, 0.3) is 10.0 Å². The molecule has 3 nitrogen and oxygen atoms in total. The number of anilines is 1. The zero-order chi connectivity index (χ0) is 15.5. The van der Waals surface area contributed by atoms with Crippen molar-refractivity contribution in [3.63, 3.8) is 0 Å². The molecule has 0 unspecified atom stereocenters. The quantitative estimate of drug-likeness (QED) is 0.868. The monoisotopic (exact) mass is 309 g/mol. The molecule has 2 aromatic carbocycles. The van der Waals surface area contributed by atoms with Crippen LogP contribution in [0, 0.1) is 11.6 Å². The van der Waals surface area contributed by atoms with E-state index in [1.165, 1.54) is 19.2 Å². The molecule has 0 heterocycles. The first-order valence-electron chi connectivity index (χ1n) is 6.07. The third-order valence-corrected chi connectivity index (χ3v) is 4.33. The summed E-state index contributed by atoms with van der Waals surface area (Å²) in [6.07, 6.45) is 1.44. The molecule has 2 aromatic rings. The van der Waals surface area contributed by atoms with E-state index in [0.717, 1.165) is 27.4 Å². The Labute approximate surface area is 122 Å². The minimum absolute atomic E-state index is 0.0478. The first-order chi connectivity index (χ1) is 9.90. The van der Waals surface area contributed by atoms with Gasteiger partial charge in [-0.05, 0) is 23.8 Å². The van der Waals surface area contributed by atoms with Crippen LogP contribution in [-0.2, 0) is 10.0 Å². The van der Waals surface area contributed by atoms with Crippen LogP contribution in [0.3, 0.4) is 0 Å². The number of halogens is 2.